The average Bonchev–Trinajstić information content (AvgIpc) is 2.40. The van der Waals surface area contributed by atoms with Gasteiger partial charge in [0.05, 0.1) is 18.8 Å². The van der Waals surface area contributed by atoms with Crippen LogP contribution >= 0.6 is 0 Å². The van der Waals surface area contributed by atoms with E-state index in [1.165, 1.54) is 12.1 Å². The topological polar surface area (TPSA) is 70.6 Å². The molecular formula is C14H21FN2O3. The molecular weight excluding hydrogens is 263 g/mol. The van der Waals surface area contributed by atoms with Gasteiger partial charge in [-0.05, 0) is 25.5 Å². The van der Waals surface area contributed by atoms with E-state index in [0.29, 0.717) is 13.0 Å². The number of ether oxygens (including phenoxy) is 1. The van der Waals surface area contributed by atoms with Gasteiger partial charge in [0.15, 0.2) is 0 Å². The van der Waals surface area contributed by atoms with Gasteiger partial charge in [0.1, 0.15) is 5.82 Å². The molecule has 0 radical (unpaired) electrons. The van der Waals surface area contributed by atoms with Crippen molar-refractivity contribution in [1.82, 2.24) is 5.32 Å². The van der Waals surface area contributed by atoms with Crippen molar-refractivity contribution >= 4 is 11.6 Å². The lowest BCUT2D eigenvalue weighted by Crippen LogP contribution is -2.49. The van der Waals surface area contributed by atoms with E-state index >= 15 is 0 Å². The Labute approximate surface area is 118 Å². The second-order valence-corrected chi connectivity index (χ2v) is 4.85. The van der Waals surface area contributed by atoms with E-state index < -0.39 is 11.4 Å². The molecule has 20 heavy (non-hydrogen) atoms. The number of amides is 1. The van der Waals surface area contributed by atoms with Gasteiger partial charge in [-0.1, -0.05) is 12.1 Å². The number of aliphatic hydroxyl groups is 1. The fraction of sp³-hybridized carbons (Fsp3) is 0.500. The zero-order chi connectivity index (χ0) is 15.0. The van der Waals surface area contributed by atoms with Crippen molar-refractivity contribution in [3.8, 4) is 0 Å². The Morgan fingerprint density at radius 1 is 1.45 bits per heavy atom. The molecule has 1 aromatic carbocycles. The van der Waals surface area contributed by atoms with Crippen LogP contribution in [0.3, 0.4) is 0 Å². The van der Waals surface area contributed by atoms with Crippen LogP contribution in [0.1, 0.15) is 13.3 Å². The predicted molar refractivity (Wildman–Crippen MR) is 75.0 cm³/mol. The van der Waals surface area contributed by atoms with E-state index in [2.05, 4.69) is 10.6 Å². The van der Waals surface area contributed by atoms with Gasteiger partial charge < -0.3 is 20.5 Å². The lowest BCUT2D eigenvalue weighted by Gasteiger charge is -2.29. The van der Waals surface area contributed by atoms with Gasteiger partial charge in [0.2, 0.25) is 5.91 Å². The number of para-hydroxylation sites is 1. The number of rotatable bonds is 8. The van der Waals surface area contributed by atoms with E-state index in [0.717, 1.165) is 0 Å². The number of nitrogens with one attached hydrogen (secondary N) is 2. The second kappa shape index (κ2) is 7.94. The van der Waals surface area contributed by atoms with Crippen molar-refractivity contribution in [3.63, 3.8) is 0 Å². The van der Waals surface area contributed by atoms with Crippen LogP contribution in [-0.4, -0.2) is 43.4 Å². The molecule has 1 aromatic rings. The molecule has 1 amide bonds. The van der Waals surface area contributed by atoms with Crippen molar-refractivity contribution in [2.24, 2.45) is 0 Å². The molecule has 0 fully saturated rings. The van der Waals surface area contributed by atoms with Gasteiger partial charge in [0, 0.05) is 19.3 Å². The largest absolute Gasteiger partial charge is 0.396 e. The van der Waals surface area contributed by atoms with E-state index in [-0.39, 0.29) is 24.7 Å². The lowest BCUT2D eigenvalue weighted by molar-refractivity contribution is -0.116. The van der Waals surface area contributed by atoms with E-state index in [1.807, 2.05) is 6.92 Å². The molecule has 0 saturated carbocycles. The van der Waals surface area contributed by atoms with Gasteiger partial charge in [-0.2, -0.15) is 0 Å². The highest BCUT2D eigenvalue weighted by atomic mass is 19.1. The summed E-state index contributed by atoms with van der Waals surface area (Å²) in [7, 11) is 1.55. The maximum Gasteiger partial charge on any atom is 0.238 e. The zero-order valence-corrected chi connectivity index (χ0v) is 11.8. The Morgan fingerprint density at radius 3 is 2.75 bits per heavy atom. The molecule has 5 nitrogen and oxygen atoms in total. The average molecular weight is 284 g/mol. The van der Waals surface area contributed by atoms with Crippen LogP contribution in [0.5, 0.6) is 0 Å². The molecule has 3 N–H and O–H groups in total. The SMILES string of the molecule is COCC(C)(CCO)NCC(=O)Nc1ccccc1F. The zero-order valence-electron chi connectivity index (χ0n) is 11.8. The summed E-state index contributed by atoms with van der Waals surface area (Å²) in [5.74, 6) is -0.828. The van der Waals surface area contributed by atoms with Crippen LogP contribution in [0.25, 0.3) is 0 Å². The Morgan fingerprint density at radius 2 is 2.15 bits per heavy atom. The van der Waals surface area contributed by atoms with Crippen molar-refractivity contribution < 1.29 is 19.0 Å². The number of methoxy groups -OCH3 is 1. The minimum absolute atomic E-state index is 0.00813. The normalized spacial score (nSPS) is 13.8. The molecule has 0 heterocycles. The Bertz CT molecular complexity index is 434. The predicted octanol–water partition coefficient (Wildman–Crippen LogP) is 1.14. The molecule has 1 rings (SSSR count). The quantitative estimate of drug-likeness (QED) is 0.669. The second-order valence-electron chi connectivity index (χ2n) is 4.85. The van der Waals surface area contributed by atoms with E-state index in [1.54, 1.807) is 19.2 Å². The molecule has 0 bridgehead atoms. The molecule has 0 aromatic heterocycles. The fourth-order valence-corrected chi connectivity index (χ4v) is 1.83. The van der Waals surface area contributed by atoms with Gasteiger partial charge in [0.25, 0.3) is 0 Å². The highest BCUT2D eigenvalue weighted by Crippen LogP contribution is 2.12. The minimum Gasteiger partial charge on any atom is -0.396 e. The van der Waals surface area contributed by atoms with Crippen LogP contribution in [0.4, 0.5) is 10.1 Å². The molecule has 0 aliphatic carbocycles. The molecule has 0 saturated heterocycles. The first-order valence-corrected chi connectivity index (χ1v) is 6.40. The monoisotopic (exact) mass is 284 g/mol. The van der Waals surface area contributed by atoms with Gasteiger partial charge in [-0.15, -0.1) is 0 Å². The number of carbonyl (C=O) groups excluding carboxylic acids is 1. The highest BCUT2D eigenvalue weighted by molar-refractivity contribution is 5.92. The van der Waals surface area contributed by atoms with Crippen LogP contribution in [0.15, 0.2) is 24.3 Å². The third-order valence-electron chi connectivity index (χ3n) is 2.95. The Hall–Kier alpha value is -1.50. The summed E-state index contributed by atoms with van der Waals surface area (Å²) in [5.41, 5.74) is -0.356. The van der Waals surface area contributed by atoms with E-state index in [4.69, 9.17) is 9.84 Å². The van der Waals surface area contributed by atoms with Crippen LogP contribution in [0.2, 0.25) is 0 Å². The molecule has 112 valence electrons. The van der Waals surface area contributed by atoms with Crippen LogP contribution in [-0.2, 0) is 9.53 Å². The number of aliphatic hydroxyl groups excluding tert-OH is 1. The number of anilines is 1. The molecule has 6 heteroatoms. The molecule has 0 spiro atoms. The minimum atomic E-state index is -0.504. The fourth-order valence-electron chi connectivity index (χ4n) is 1.83. The van der Waals surface area contributed by atoms with Crippen molar-refractivity contribution in [2.45, 2.75) is 18.9 Å². The number of carbonyl (C=O) groups is 1. The Kier molecular flexibility index (Phi) is 6.57. The molecule has 1 atom stereocenters. The highest BCUT2D eigenvalue weighted by Gasteiger charge is 2.24. The summed E-state index contributed by atoms with van der Waals surface area (Å²) in [6, 6.07) is 5.98. The summed E-state index contributed by atoms with van der Waals surface area (Å²) in [6.45, 7) is 2.21. The summed E-state index contributed by atoms with van der Waals surface area (Å²) in [4.78, 5) is 11.8. The third-order valence-corrected chi connectivity index (χ3v) is 2.95. The van der Waals surface area contributed by atoms with Gasteiger partial charge in [-0.3, -0.25) is 4.79 Å². The van der Waals surface area contributed by atoms with Crippen LogP contribution in [0, 0.1) is 5.82 Å². The number of hydrogen-bond acceptors (Lipinski definition) is 4. The lowest BCUT2D eigenvalue weighted by atomic mass is 9.99. The van der Waals surface area contributed by atoms with Gasteiger partial charge in [-0.25, -0.2) is 4.39 Å². The first kappa shape index (κ1) is 16.6. The summed E-state index contributed by atoms with van der Waals surface area (Å²) in [6.07, 6.45) is 0.452. The standard InChI is InChI=1S/C14H21FN2O3/c1-14(7-8-18,10-20-2)16-9-13(19)17-12-6-4-3-5-11(12)15/h3-6,16,18H,7-10H2,1-2H3,(H,17,19). The van der Waals surface area contributed by atoms with Crippen LogP contribution < -0.4 is 10.6 Å². The third kappa shape index (κ3) is 5.24. The molecule has 0 aliphatic heterocycles. The van der Waals surface area contributed by atoms with Crippen molar-refractivity contribution in [3.05, 3.63) is 30.1 Å². The maximum absolute atomic E-state index is 13.4. The molecule has 0 aliphatic rings. The Balaban J connectivity index is 2.52. The van der Waals surface area contributed by atoms with Crippen molar-refractivity contribution in [2.75, 3.05) is 32.2 Å². The van der Waals surface area contributed by atoms with E-state index in [9.17, 15) is 9.18 Å². The van der Waals surface area contributed by atoms with Gasteiger partial charge >= 0.3 is 0 Å². The number of halogens is 1. The summed E-state index contributed by atoms with van der Waals surface area (Å²) < 4.78 is 18.4. The smallest absolute Gasteiger partial charge is 0.238 e. The first-order chi connectivity index (χ1) is 9.50. The number of hydrogen-bond donors (Lipinski definition) is 3. The summed E-state index contributed by atoms with van der Waals surface area (Å²) >= 11 is 0. The summed E-state index contributed by atoms with van der Waals surface area (Å²) in [5, 5.41) is 14.5. The first-order valence-electron chi connectivity index (χ1n) is 6.40. The maximum atomic E-state index is 13.4. The molecule has 1 unspecified atom stereocenters. The van der Waals surface area contributed by atoms with Crippen molar-refractivity contribution in [1.29, 1.82) is 0 Å². The number of benzene rings is 1.